The first-order valence-corrected chi connectivity index (χ1v) is 7.96. The Morgan fingerprint density at radius 1 is 0.179 bits per heavy atom. The van der Waals surface area contributed by atoms with E-state index in [1.54, 1.807) is 0 Å². The van der Waals surface area contributed by atoms with E-state index in [-0.39, 0.29) is 0 Å². The molecule has 0 saturated carbocycles. The molecule has 0 aliphatic heterocycles. The summed E-state index contributed by atoms with van der Waals surface area (Å²) in [5.74, 6) is 65.3. The highest BCUT2D eigenvalue weighted by Crippen LogP contribution is 1.95. The van der Waals surface area contributed by atoms with Gasteiger partial charge in [0.15, 0.2) is 0 Å². The van der Waals surface area contributed by atoms with Gasteiger partial charge in [-0.2, -0.15) is 0 Å². The molecular weight excluding hydrogens is 336 g/mol. The molecule has 0 atom stereocenters. The first-order valence-electron chi connectivity index (χ1n) is 7.96. The molecule has 28 heavy (non-hydrogen) atoms. The Kier molecular flexibility index (Phi) is 6.19. The van der Waals surface area contributed by atoms with Gasteiger partial charge < -0.3 is 0 Å². The molecule has 0 heterocycles. The zero-order valence-electron chi connectivity index (χ0n) is 14.3. The SMILES string of the molecule is C1#CC2C#CC#CC3C#CC#CC(C#C1)C#CC#CC(C#CC#C2)C#CC#C3. The maximum absolute atomic E-state index is 2.89. The second-order valence-corrected chi connectivity index (χ2v) is 4.96. The van der Waals surface area contributed by atoms with Crippen LogP contribution in [-0.4, -0.2) is 0 Å². The number of fused-ring (bicyclic) bond motifs is 6. The highest BCUT2D eigenvalue weighted by Gasteiger charge is 1.97. The van der Waals surface area contributed by atoms with E-state index in [1.165, 1.54) is 0 Å². The fourth-order valence-corrected chi connectivity index (χ4v) is 1.73. The van der Waals surface area contributed by atoms with E-state index >= 15 is 0 Å². The van der Waals surface area contributed by atoms with Crippen molar-refractivity contribution in [1.82, 2.24) is 0 Å². The third-order valence-electron chi connectivity index (χ3n) is 2.97. The summed E-state index contributed by atoms with van der Waals surface area (Å²) in [6.45, 7) is 0. The highest BCUT2D eigenvalue weighted by molar-refractivity contribution is 5.49. The smallest absolute Gasteiger partial charge is 0.0592 e. The minimum atomic E-state index is -0.542. The molecule has 4 aliphatic carbocycles. The van der Waals surface area contributed by atoms with Crippen LogP contribution in [0.2, 0.25) is 0 Å². The van der Waals surface area contributed by atoms with E-state index in [4.69, 9.17) is 0 Å². The van der Waals surface area contributed by atoms with E-state index < -0.39 is 23.7 Å². The Labute approximate surface area is 166 Å². The van der Waals surface area contributed by atoms with Crippen molar-refractivity contribution in [2.75, 3.05) is 0 Å². The van der Waals surface area contributed by atoms with Crippen molar-refractivity contribution >= 4 is 0 Å². The molecular formula is C28H4. The number of rotatable bonds is 0. The lowest BCUT2D eigenvalue weighted by atomic mass is 10.1. The Hall–Kier alpha value is -5.28. The van der Waals surface area contributed by atoms with Crippen molar-refractivity contribution in [1.29, 1.82) is 0 Å². The van der Waals surface area contributed by atoms with Gasteiger partial charge in [0.25, 0.3) is 0 Å². The zero-order valence-corrected chi connectivity index (χ0v) is 14.3. The Morgan fingerprint density at radius 3 is 0.393 bits per heavy atom. The van der Waals surface area contributed by atoms with E-state index in [1.807, 2.05) is 0 Å². The van der Waals surface area contributed by atoms with Gasteiger partial charge in [0.2, 0.25) is 0 Å². The van der Waals surface area contributed by atoms with Crippen molar-refractivity contribution in [3.05, 3.63) is 0 Å². The van der Waals surface area contributed by atoms with Crippen molar-refractivity contribution in [2.24, 2.45) is 23.7 Å². The summed E-state index contributed by atoms with van der Waals surface area (Å²) < 4.78 is 0. The Balaban J connectivity index is 2.31. The monoisotopic (exact) mass is 340 g/mol. The molecule has 0 fully saturated rings. The van der Waals surface area contributed by atoms with Crippen LogP contribution in [0, 0.1) is 166 Å². The van der Waals surface area contributed by atoms with Crippen LogP contribution in [0.25, 0.3) is 0 Å². The second kappa shape index (κ2) is 9.88. The lowest BCUT2D eigenvalue weighted by molar-refractivity contribution is 1.23. The van der Waals surface area contributed by atoms with Gasteiger partial charge in [-0.25, -0.2) is 0 Å². The summed E-state index contributed by atoms with van der Waals surface area (Å²) in [4.78, 5) is 0. The minimum Gasteiger partial charge on any atom is -0.0592 e. The van der Waals surface area contributed by atoms with Crippen LogP contribution in [0.5, 0.6) is 0 Å². The van der Waals surface area contributed by atoms with Crippen LogP contribution in [0.4, 0.5) is 0 Å². The standard InChI is InChI=1S/C28H4/c1-2-14-26-17-7-9-21-27-19-5-3-15-25(13-1)16-4-6-20-28(22-10-8-18-26)24-12-11-23-27/h25-28H. The molecule has 0 amide bonds. The van der Waals surface area contributed by atoms with Gasteiger partial charge in [-0.3, -0.25) is 0 Å². The molecule has 4 rings (SSSR count). The van der Waals surface area contributed by atoms with Gasteiger partial charge >= 0.3 is 0 Å². The number of hydrogen-bond donors (Lipinski definition) is 0. The van der Waals surface area contributed by atoms with Crippen molar-refractivity contribution in [3.8, 4) is 142 Å². The Bertz CT molecular complexity index is 1060. The predicted molar refractivity (Wildman–Crippen MR) is 107 cm³/mol. The van der Waals surface area contributed by atoms with Crippen LogP contribution < -0.4 is 0 Å². The zero-order chi connectivity index (χ0) is 19.3. The van der Waals surface area contributed by atoms with Gasteiger partial charge in [0, 0.05) is 0 Å². The minimum absolute atomic E-state index is 0.542. The summed E-state index contributed by atoms with van der Waals surface area (Å²) >= 11 is 0. The lowest BCUT2D eigenvalue weighted by Crippen LogP contribution is -1.89. The molecule has 4 bridgehead atoms. The summed E-state index contributed by atoms with van der Waals surface area (Å²) in [6, 6.07) is 0. The largest absolute Gasteiger partial charge is 0.144 e. The van der Waals surface area contributed by atoms with Crippen LogP contribution in [0.1, 0.15) is 0 Å². The van der Waals surface area contributed by atoms with Crippen LogP contribution in [-0.2, 0) is 0 Å². The summed E-state index contributed by atoms with van der Waals surface area (Å²) in [5, 5.41) is 0. The molecule has 0 N–H and O–H groups in total. The van der Waals surface area contributed by atoms with E-state index in [9.17, 15) is 0 Å². The van der Waals surface area contributed by atoms with Crippen LogP contribution in [0.15, 0.2) is 0 Å². The van der Waals surface area contributed by atoms with Crippen molar-refractivity contribution in [3.63, 3.8) is 0 Å². The molecule has 0 aromatic rings. The molecule has 4 aliphatic rings. The molecule has 0 aromatic heterocycles. The highest BCUT2D eigenvalue weighted by atomic mass is 14.0. The molecule has 0 saturated heterocycles. The lowest BCUT2D eigenvalue weighted by Gasteiger charge is -1.86. The summed E-state index contributed by atoms with van der Waals surface area (Å²) in [6.07, 6.45) is 0. The predicted octanol–water partition coefficient (Wildman–Crippen LogP) is 0.533. The second-order valence-electron chi connectivity index (χ2n) is 4.96. The summed E-state index contributed by atoms with van der Waals surface area (Å²) in [7, 11) is 0. The molecule has 0 radical (unpaired) electrons. The van der Waals surface area contributed by atoms with Gasteiger partial charge in [-0.1, -0.05) is 71.0 Å². The van der Waals surface area contributed by atoms with Crippen molar-refractivity contribution < 1.29 is 0 Å². The first-order chi connectivity index (χ1) is 13.9. The van der Waals surface area contributed by atoms with Gasteiger partial charge in [-0.05, 0) is 71.0 Å². The quantitative estimate of drug-likeness (QED) is 0.565. The maximum Gasteiger partial charge on any atom is 0.144 e. The molecule has 0 nitrogen and oxygen atoms in total. The molecule has 0 heteroatoms. The molecule has 116 valence electrons. The van der Waals surface area contributed by atoms with E-state index in [0.717, 1.165) is 0 Å². The molecule has 0 unspecified atom stereocenters. The maximum atomic E-state index is 2.89. The average molecular weight is 340 g/mol. The van der Waals surface area contributed by atoms with E-state index in [2.05, 4.69) is 142 Å². The number of hydrogen-bond acceptors (Lipinski definition) is 0. The fourth-order valence-electron chi connectivity index (χ4n) is 1.73. The molecule has 0 spiro atoms. The summed E-state index contributed by atoms with van der Waals surface area (Å²) in [5.41, 5.74) is 0. The fraction of sp³-hybridized carbons (Fsp3) is 0.143. The van der Waals surface area contributed by atoms with Gasteiger partial charge in [0.05, 0.1) is 0 Å². The van der Waals surface area contributed by atoms with Crippen LogP contribution >= 0.6 is 0 Å². The normalized spacial score (nSPS) is 22.3. The van der Waals surface area contributed by atoms with Crippen molar-refractivity contribution in [2.45, 2.75) is 0 Å². The van der Waals surface area contributed by atoms with Crippen LogP contribution in [0.3, 0.4) is 0 Å². The average Bonchev–Trinajstić information content (AvgIpc) is 2.72. The van der Waals surface area contributed by atoms with Gasteiger partial charge in [0.1, 0.15) is 23.7 Å². The third-order valence-corrected chi connectivity index (χ3v) is 2.97. The van der Waals surface area contributed by atoms with Gasteiger partial charge in [-0.15, -0.1) is 0 Å². The topological polar surface area (TPSA) is 0 Å². The third kappa shape index (κ3) is 5.98. The Morgan fingerprint density at radius 2 is 0.286 bits per heavy atom. The first kappa shape index (κ1) is 17.5. The molecule has 0 aromatic carbocycles. The van der Waals surface area contributed by atoms with E-state index in [0.29, 0.717) is 0 Å².